The second kappa shape index (κ2) is 17.7. The molecule has 0 nitrogen and oxygen atoms in total. The summed E-state index contributed by atoms with van der Waals surface area (Å²) in [4.78, 5) is 0. The van der Waals surface area contributed by atoms with Gasteiger partial charge < -0.3 is 0 Å². The average Bonchev–Trinajstić information content (AvgIpc) is 3.85. The highest BCUT2D eigenvalue weighted by atomic mass is 14.5. The molecule has 360 valence electrons. The van der Waals surface area contributed by atoms with Crippen molar-refractivity contribution in [3.8, 4) is 33.4 Å². The Bertz CT molecular complexity index is 3570. The molecule has 0 N–H and O–H groups in total. The molecule has 0 heterocycles. The fourth-order valence-electron chi connectivity index (χ4n) is 13.3. The van der Waals surface area contributed by atoms with Crippen molar-refractivity contribution in [2.24, 2.45) is 5.92 Å². The maximum atomic E-state index is 4.15. The van der Waals surface area contributed by atoms with E-state index in [-0.39, 0.29) is 16.2 Å². The summed E-state index contributed by atoms with van der Waals surface area (Å²) in [6, 6.07) is 64.4. The van der Waals surface area contributed by atoms with Crippen LogP contribution in [0.15, 0.2) is 218 Å². The topological polar surface area (TPSA) is 0 Å². The lowest BCUT2D eigenvalue weighted by atomic mass is 9.67. The van der Waals surface area contributed by atoms with Crippen LogP contribution in [0.2, 0.25) is 0 Å². The van der Waals surface area contributed by atoms with E-state index in [1.807, 2.05) is 0 Å². The van der Waals surface area contributed by atoms with E-state index in [0.29, 0.717) is 17.8 Å². The Morgan fingerprint density at radius 3 is 1.81 bits per heavy atom. The number of benzene rings is 8. The van der Waals surface area contributed by atoms with Crippen LogP contribution in [0.1, 0.15) is 142 Å². The Balaban J connectivity index is 0.000000153. The van der Waals surface area contributed by atoms with Crippen LogP contribution in [0.3, 0.4) is 0 Å². The third-order valence-corrected chi connectivity index (χ3v) is 17.1. The maximum Gasteiger partial charge on any atom is 0.0691 e. The van der Waals surface area contributed by atoms with Crippen molar-refractivity contribution in [1.29, 1.82) is 0 Å². The van der Waals surface area contributed by atoms with Crippen LogP contribution in [-0.4, -0.2) is 0 Å². The van der Waals surface area contributed by atoms with E-state index in [9.17, 15) is 0 Å². The summed E-state index contributed by atoms with van der Waals surface area (Å²) >= 11 is 0. The molecule has 3 atom stereocenters. The quantitative estimate of drug-likeness (QED) is 0.149. The van der Waals surface area contributed by atoms with Gasteiger partial charge in [0, 0.05) is 5.92 Å². The third kappa shape index (κ3) is 7.63. The van der Waals surface area contributed by atoms with E-state index in [0.717, 1.165) is 12.8 Å². The van der Waals surface area contributed by atoms with Gasteiger partial charge in [0.05, 0.1) is 5.41 Å². The van der Waals surface area contributed by atoms with Gasteiger partial charge in [0.1, 0.15) is 0 Å². The largest absolute Gasteiger partial charge is 0.0984 e. The van der Waals surface area contributed by atoms with Gasteiger partial charge in [0.15, 0.2) is 0 Å². The zero-order valence-corrected chi connectivity index (χ0v) is 44.1. The summed E-state index contributed by atoms with van der Waals surface area (Å²) in [5.74, 6) is 1.69. The van der Waals surface area contributed by atoms with E-state index in [1.165, 1.54) is 123 Å². The standard InChI is InChI=1S/C41H36.C32H32/c1-4-10-37-34(6-3)38-24-23-32(25-39(38)41-26-40(37)41)27-15-17-29(18-16-27)33(5-2)30-19-21-31(22-20-30)36-14-9-12-28-11-7-8-13-35(28)36;1-30(2,3)20-14-16-24-25-17-15-21(31(4,5)6)19-29(25)32(28(24)18-20)26-12-8-7-10-22(26)23-11-9-13-27(23)32/h4,6-25,33,40-41H,3,5,26H2,1-2H3;7-12,14-19H,13H2,1-6H3/b10-4-;. The number of hydrogen-bond donors (Lipinski definition) is 0. The van der Waals surface area contributed by atoms with Crippen LogP contribution < -0.4 is 0 Å². The Morgan fingerprint density at radius 1 is 0.575 bits per heavy atom. The minimum absolute atomic E-state index is 0.116. The molecule has 0 saturated heterocycles. The van der Waals surface area contributed by atoms with Gasteiger partial charge in [-0.1, -0.05) is 255 Å². The van der Waals surface area contributed by atoms with Crippen molar-refractivity contribution >= 4 is 21.9 Å². The maximum absolute atomic E-state index is 4.15. The zero-order chi connectivity index (χ0) is 50.4. The molecule has 8 aromatic rings. The SMILES string of the molecule is C=CC1=C(/C=C\C)C2CC2c2cc(-c3ccc(C(CC)c4ccc(-c5cccc6ccccc56)cc4)cc3)ccc21.CC(C)(C)c1ccc2c(c1)C1(C3=C(C=CC3)c3ccccc31)c1cc(C(C)(C)C)ccc1-2. The number of rotatable bonds is 7. The van der Waals surface area contributed by atoms with Crippen LogP contribution in [0.25, 0.3) is 55.3 Å². The molecular weight excluding hydrogens is 877 g/mol. The van der Waals surface area contributed by atoms with Gasteiger partial charge in [-0.3, -0.25) is 0 Å². The summed E-state index contributed by atoms with van der Waals surface area (Å²) in [5.41, 5.74) is 28.1. The summed E-state index contributed by atoms with van der Waals surface area (Å²) in [6.45, 7) is 22.5. The zero-order valence-electron chi connectivity index (χ0n) is 44.1. The molecule has 5 aliphatic carbocycles. The van der Waals surface area contributed by atoms with Gasteiger partial charge in [-0.2, -0.15) is 0 Å². The molecule has 1 saturated carbocycles. The Hall–Kier alpha value is -7.28. The van der Waals surface area contributed by atoms with Gasteiger partial charge in [-0.25, -0.2) is 0 Å². The molecule has 0 aromatic heterocycles. The Labute approximate surface area is 435 Å². The van der Waals surface area contributed by atoms with E-state index >= 15 is 0 Å². The van der Waals surface area contributed by atoms with Crippen LogP contribution >= 0.6 is 0 Å². The molecular formula is C73H68. The lowest BCUT2D eigenvalue weighted by molar-refractivity contribution is 0.585. The predicted octanol–water partition coefficient (Wildman–Crippen LogP) is 19.7. The molecule has 0 amide bonds. The van der Waals surface area contributed by atoms with Crippen molar-refractivity contribution in [2.45, 2.75) is 103 Å². The summed E-state index contributed by atoms with van der Waals surface area (Å²) < 4.78 is 0. The highest BCUT2D eigenvalue weighted by molar-refractivity contribution is 5.99. The van der Waals surface area contributed by atoms with E-state index in [1.54, 1.807) is 5.57 Å². The van der Waals surface area contributed by atoms with Gasteiger partial charge in [-0.05, 0) is 171 Å². The molecule has 8 aromatic carbocycles. The monoisotopic (exact) mass is 945 g/mol. The third-order valence-electron chi connectivity index (χ3n) is 17.1. The average molecular weight is 945 g/mol. The van der Waals surface area contributed by atoms with Crippen molar-refractivity contribution < 1.29 is 0 Å². The number of fused-ring (bicyclic) bond motifs is 13. The highest BCUT2D eigenvalue weighted by Crippen LogP contribution is 2.65. The number of allylic oxidation sites excluding steroid dienone is 9. The van der Waals surface area contributed by atoms with Crippen molar-refractivity contribution in [3.05, 3.63) is 274 Å². The second-order valence-corrected chi connectivity index (χ2v) is 23.4. The molecule has 0 heteroatoms. The first-order valence-electron chi connectivity index (χ1n) is 27.0. The van der Waals surface area contributed by atoms with Gasteiger partial charge in [0.25, 0.3) is 0 Å². The van der Waals surface area contributed by atoms with Crippen molar-refractivity contribution in [1.82, 2.24) is 0 Å². The van der Waals surface area contributed by atoms with Crippen LogP contribution in [0, 0.1) is 5.92 Å². The summed E-state index contributed by atoms with van der Waals surface area (Å²) in [6.07, 6.45) is 14.6. The lowest BCUT2D eigenvalue weighted by Gasteiger charge is -2.34. The first-order chi connectivity index (χ1) is 35.3. The molecule has 3 unspecified atom stereocenters. The number of hydrogen-bond acceptors (Lipinski definition) is 0. The van der Waals surface area contributed by atoms with Gasteiger partial charge in [-0.15, -0.1) is 0 Å². The van der Waals surface area contributed by atoms with Gasteiger partial charge in [0.2, 0.25) is 0 Å². The van der Waals surface area contributed by atoms with Crippen LogP contribution in [0.5, 0.6) is 0 Å². The first-order valence-corrected chi connectivity index (χ1v) is 27.0. The lowest BCUT2D eigenvalue weighted by Crippen LogP contribution is -2.28. The summed E-state index contributed by atoms with van der Waals surface area (Å²) in [7, 11) is 0. The second-order valence-electron chi connectivity index (χ2n) is 23.4. The Kier molecular flexibility index (Phi) is 11.4. The van der Waals surface area contributed by atoms with E-state index in [2.05, 4.69) is 262 Å². The minimum atomic E-state index is -0.178. The Morgan fingerprint density at radius 2 is 1.16 bits per heavy atom. The molecule has 5 aliphatic rings. The van der Waals surface area contributed by atoms with Crippen molar-refractivity contribution in [3.63, 3.8) is 0 Å². The molecule has 0 bridgehead atoms. The molecule has 13 rings (SSSR count). The smallest absolute Gasteiger partial charge is 0.0691 e. The van der Waals surface area contributed by atoms with Gasteiger partial charge >= 0.3 is 0 Å². The van der Waals surface area contributed by atoms with Crippen LogP contribution in [-0.2, 0) is 16.2 Å². The van der Waals surface area contributed by atoms with Crippen molar-refractivity contribution in [2.75, 3.05) is 0 Å². The normalized spacial score (nSPS) is 18.0. The van der Waals surface area contributed by atoms with E-state index < -0.39 is 0 Å². The van der Waals surface area contributed by atoms with Crippen LogP contribution in [0.4, 0.5) is 0 Å². The highest BCUT2D eigenvalue weighted by Gasteiger charge is 2.53. The summed E-state index contributed by atoms with van der Waals surface area (Å²) in [5, 5.41) is 2.59. The first kappa shape index (κ1) is 46.8. The fourth-order valence-corrected chi connectivity index (χ4v) is 13.3. The fraction of sp³-hybridized carbons (Fsp3) is 0.233. The molecule has 0 aliphatic heterocycles. The predicted molar refractivity (Wildman–Crippen MR) is 312 cm³/mol. The van der Waals surface area contributed by atoms with E-state index in [4.69, 9.17) is 0 Å². The molecule has 0 radical (unpaired) electrons. The molecule has 1 fully saturated rings. The molecule has 73 heavy (non-hydrogen) atoms. The minimum Gasteiger partial charge on any atom is -0.0984 e. The molecule has 1 spiro atoms.